The van der Waals surface area contributed by atoms with Gasteiger partial charge in [0.2, 0.25) is 0 Å². The van der Waals surface area contributed by atoms with E-state index in [1.165, 1.54) is 15.5 Å². The average Bonchev–Trinajstić information content (AvgIpc) is 2.53. The van der Waals surface area contributed by atoms with Gasteiger partial charge in [0, 0.05) is 27.9 Å². The summed E-state index contributed by atoms with van der Waals surface area (Å²) in [6.07, 6.45) is 0. The number of anilines is 2. The third-order valence-electron chi connectivity index (χ3n) is 3.98. The van der Waals surface area contributed by atoms with Crippen molar-refractivity contribution in [1.82, 2.24) is 5.32 Å². The van der Waals surface area contributed by atoms with Crippen molar-refractivity contribution in [3.05, 3.63) is 48.0 Å². The van der Waals surface area contributed by atoms with Crippen LogP contribution in [-0.4, -0.2) is 25.4 Å². The van der Waals surface area contributed by atoms with Crippen LogP contribution in [0.15, 0.2) is 52.3 Å². The van der Waals surface area contributed by atoms with Gasteiger partial charge in [-0.15, -0.1) is 0 Å². The highest BCUT2D eigenvalue weighted by Gasteiger charge is 2.24. The number of hydrogen-bond acceptors (Lipinski definition) is 4. The molecule has 22 heavy (non-hydrogen) atoms. The second-order valence-electron chi connectivity index (χ2n) is 5.61. The topological polar surface area (TPSA) is 32.3 Å². The minimum absolute atomic E-state index is 0.105. The number of nitrogens with zero attached hydrogens (tertiary/aromatic N) is 1. The van der Waals surface area contributed by atoms with Crippen molar-refractivity contribution in [3.8, 4) is 0 Å². The Kier molecular flexibility index (Phi) is 4.23. The molecule has 2 aromatic rings. The van der Waals surface area contributed by atoms with Crippen LogP contribution in [0.4, 0.5) is 11.4 Å². The molecule has 0 aliphatic carbocycles. The molecule has 1 atom stereocenters. The van der Waals surface area contributed by atoms with E-state index in [1.807, 2.05) is 19.2 Å². The van der Waals surface area contributed by atoms with Gasteiger partial charge in [-0.25, -0.2) is 0 Å². The Morgan fingerprint density at radius 2 is 1.91 bits per heavy atom. The first-order valence-corrected chi connectivity index (χ1v) is 8.28. The first kappa shape index (κ1) is 15.1. The molecular formula is C18H20N2OS. The van der Waals surface area contributed by atoms with E-state index >= 15 is 0 Å². The maximum Gasteiger partial charge on any atom is 0.159 e. The van der Waals surface area contributed by atoms with Crippen molar-refractivity contribution >= 4 is 28.9 Å². The fraction of sp³-hybridized carbons (Fsp3) is 0.278. The summed E-state index contributed by atoms with van der Waals surface area (Å²) in [5.41, 5.74) is 3.10. The van der Waals surface area contributed by atoms with Crippen molar-refractivity contribution in [2.45, 2.75) is 29.7 Å². The normalized spacial score (nSPS) is 14.2. The summed E-state index contributed by atoms with van der Waals surface area (Å²) in [6, 6.07) is 14.8. The Bertz CT molecular complexity index is 714. The standard InChI is InChI=1S/C18H20N2OS/c1-12(19-3)11-20-15-6-4-5-7-17(15)22-18-9-8-14(13(2)21)10-16(18)20/h4-10,12,19H,11H2,1-3H3. The van der Waals surface area contributed by atoms with Crippen molar-refractivity contribution in [3.63, 3.8) is 0 Å². The molecule has 1 heterocycles. The monoisotopic (exact) mass is 312 g/mol. The zero-order valence-electron chi connectivity index (χ0n) is 13.1. The lowest BCUT2D eigenvalue weighted by Crippen LogP contribution is -2.36. The Labute approximate surface area is 135 Å². The van der Waals surface area contributed by atoms with E-state index in [0.29, 0.717) is 6.04 Å². The smallest absolute Gasteiger partial charge is 0.159 e. The molecule has 114 valence electrons. The van der Waals surface area contributed by atoms with Crippen LogP contribution in [0, 0.1) is 0 Å². The molecule has 2 aromatic carbocycles. The summed E-state index contributed by atoms with van der Waals surface area (Å²) < 4.78 is 0. The summed E-state index contributed by atoms with van der Waals surface area (Å²) in [5.74, 6) is 0.105. The van der Waals surface area contributed by atoms with E-state index < -0.39 is 0 Å². The molecule has 3 rings (SSSR count). The summed E-state index contributed by atoms with van der Waals surface area (Å²) in [6.45, 7) is 4.65. The molecule has 1 unspecified atom stereocenters. The highest BCUT2D eigenvalue weighted by atomic mass is 32.2. The highest BCUT2D eigenvalue weighted by molar-refractivity contribution is 7.99. The Morgan fingerprint density at radius 1 is 1.18 bits per heavy atom. The predicted octanol–water partition coefficient (Wildman–Crippen LogP) is 4.10. The largest absolute Gasteiger partial charge is 0.338 e. The number of carbonyl (C=O) groups excluding carboxylic acids is 1. The van der Waals surface area contributed by atoms with Gasteiger partial charge in [0.1, 0.15) is 0 Å². The highest BCUT2D eigenvalue weighted by Crippen LogP contribution is 2.48. The van der Waals surface area contributed by atoms with Gasteiger partial charge in [-0.2, -0.15) is 0 Å². The Hall–Kier alpha value is -1.78. The van der Waals surface area contributed by atoms with Gasteiger partial charge >= 0.3 is 0 Å². The number of likely N-dealkylation sites (N-methyl/N-ethyl adjacent to an activating group) is 1. The summed E-state index contributed by atoms with van der Waals surface area (Å²) in [7, 11) is 1.97. The number of carbonyl (C=O) groups is 1. The average molecular weight is 312 g/mol. The lowest BCUT2D eigenvalue weighted by Gasteiger charge is -2.34. The van der Waals surface area contributed by atoms with Crippen LogP contribution in [0.2, 0.25) is 0 Å². The Balaban J connectivity index is 2.10. The molecule has 0 saturated heterocycles. The maximum atomic E-state index is 11.7. The molecule has 0 spiro atoms. The molecule has 0 aromatic heterocycles. The third-order valence-corrected chi connectivity index (χ3v) is 5.11. The number of nitrogens with one attached hydrogen (secondary N) is 1. The van der Waals surface area contributed by atoms with Crippen LogP contribution in [0.1, 0.15) is 24.2 Å². The Morgan fingerprint density at radius 3 is 2.64 bits per heavy atom. The number of rotatable bonds is 4. The summed E-state index contributed by atoms with van der Waals surface area (Å²) in [5, 5.41) is 3.30. The molecule has 3 nitrogen and oxygen atoms in total. The molecule has 1 N–H and O–H groups in total. The van der Waals surface area contributed by atoms with Crippen molar-refractivity contribution < 1.29 is 4.79 Å². The maximum absolute atomic E-state index is 11.7. The number of Topliss-reactive ketones (excluding diaryl/α,β-unsaturated/α-hetero) is 1. The lowest BCUT2D eigenvalue weighted by molar-refractivity contribution is 0.101. The zero-order chi connectivity index (χ0) is 15.7. The number of hydrogen-bond donors (Lipinski definition) is 1. The molecule has 1 aliphatic heterocycles. The van der Waals surface area contributed by atoms with E-state index in [4.69, 9.17) is 0 Å². The first-order valence-electron chi connectivity index (χ1n) is 7.47. The van der Waals surface area contributed by atoms with Gasteiger partial charge in [-0.1, -0.05) is 30.0 Å². The van der Waals surface area contributed by atoms with Gasteiger partial charge < -0.3 is 10.2 Å². The summed E-state index contributed by atoms with van der Waals surface area (Å²) in [4.78, 5) is 16.5. The van der Waals surface area contributed by atoms with Gasteiger partial charge in [0.15, 0.2) is 5.78 Å². The van der Waals surface area contributed by atoms with Crippen LogP contribution >= 0.6 is 11.8 Å². The molecule has 0 radical (unpaired) electrons. The fourth-order valence-corrected chi connectivity index (χ4v) is 3.69. The molecule has 0 saturated carbocycles. The zero-order valence-corrected chi connectivity index (χ0v) is 13.9. The number of fused-ring (bicyclic) bond motifs is 2. The minimum Gasteiger partial charge on any atom is -0.338 e. The van der Waals surface area contributed by atoms with Gasteiger partial charge in [-0.3, -0.25) is 4.79 Å². The van der Waals surface area contributed by atoms with Crippen molar-refractivity contribution in [2.75, 3.05) is 18.5 Å². The van der Waals surface area contributed by atoms with E-state index in [-0.39, 0.29) is 5.78 Å². The number of ketones is 1. The predicted molar refractivity (Wildman–Crippen MR) is 92.5 cm³/mol. The quantitative estimate of drug-likeness (QED) is 0.862. The second-order valence-corrected chi connectivity index (χ2v) is 6.69. The van der Waals surface area contributed by atoms with Crippen LogP contribution in [0.25, 0.3) is 0 Å². The molecular weight excluding hydrogens is 292 g/mol. The van der Waals surface area contributed by atoms with Crippen molar-refractivity contribution in [1.29, 1.82) is 0 Å². The first-order chi connectivity index (χ1) is 10.6. The minimum atomic E-state index is 0.105. The van der Waals surface area contributed by atoms with Crippen LogP contribution in [0.5, 0.6) is 0 Å². The van der Waals surface area contributed by atoms with Gasteiger partial charge in [0.25, 0.3) is 0 Å². The second kappa shape index (κ2) is 6.15. The van der Waals surface area contributed by atoms with Gasteiger partial charge in [-0.05, 0) is 45.2 Å². The lowest BCUT2D eigenvalue weighted by atomic mass is 10.1. The SMILES string of the molecule is CNC(C)CN1c2ccccc2Sc2ccc(C(C)=O)cc21. The van der Waals surface area contributed by atoms with Crippen LogP contribution in [0.3, 0.4) is 0 Å². The van der Waals surface area contributed by atoms with E-state index in [9.17, 15) is 4.79 Å². The number of benzene rings is 2. The number of para-hydroxylation sites is 1. The molecule has 0 amide bonds. The van der Waals surface area contributed by atoms with Crippen LogP contribution in [-0.2, 0) is 0 Å². The van der Waals surface area contributed by atoms with Gasteiger partial charge in [0.05, 0.1) is 11.4 Å². The molecule has 4 heteroatoms. The molecule has 1 aliphatic rings. The van der Waals surface area contributed by atoms with Crippen LogP contribution < -0.4 is 10.2 Å². The van der Waals surface area contributed by atoms with E-state index in [2.05, 4.69) is 47.5 Å². The van der Waals surface area contributed by atoms with E-state index in [0.717, 1.165) is 17.8 Å². The van der Waals surface area contributed by atoms with E-state index in [1.54, 1.807) is 18.7 Å². The molecule has 0 fully saturated rings. The third kappa shape index (κ3) is 2.76. The molecule has 0 bridgehead atoms. The fourth-order valence-electron chi connectivity index (χ4n) is 2.61. The summed E-state index contributed by atoms with van der Waals surface area (Å²) >= 11 is 1.77. The van der Waals surface area contributed by atoms with Crippen molar-refractivity contribution in [2.24, 2.45) is 0 Å².